The van der Waals surface area contributed by atoms with Crippen LogP contribution in [0.25, 0.3) is 10.9 Å². The van der Waals surface area contributed by atoms with Crippen molar-refractivity contribution in [3.63, 3.8) is 0 Å². The van der Waals surface area contributed by atoms with Crippen molar-refractivity contribution in [2.45, 2.75) is 12.5 Å². The van der Waals surface area contributed by atoms with Crippen LogP contribution in [0.3, 0.4) is 0 Å². The fourth-order valence-corrected chi connectivity index (χ4v) is 2.57. The van der Waals surface area contributed by atoms with Gasteiger partial charge >= 0.3 is 0 Å². The van der Waals surface area contributed by atoms with E-state index < -0.39 is 0 Å². The lowest BCUT2D eigenvalue weighted by atomic mass is 10.2. The maximum Gasteiger partial charge on any atom is 0.270 e. The molecule has 0 spiro atoms. The van der Waals surface area contributed by atoms with Gasteiger partial charge in [-0.2, -0.15) is 0 Å². The van der Waals surface area contributed by atoms with Gasteiger partial charge in [0.15, 0.2) is 0 Å². The number of halogens is 1. The minimum absolute atomic E-state index is 0.0191. The van der Waals surface area contributed by atoms with Crippen molar-refractivity contribution in [2.24, 2.45) is 0 Å². The summed E-state index contributed by atoms with van der Waals surface area (Å²) in [7, 11) is 1.91. The summed E-state index contributed by atoms with van der Waals surface area (Å²) >= 11 is 0. The number of nitrogens with one attached hydrogen (secondary N) is 2. The zero-order valence-electron chi connectivity index (χ0n) is 10.7. The van der Waals surface area contributed by atoms with Gasteiger partial charge in [0.25, 0.3) is 5.91 Å². The lowest BCUT2D eigenvalue weighted by Crippen LogP contribution is -2.33. The van der Waals surface area contributed by atoms with Crippen LogP contribution < -0.4 is 5.32 Å². The SMILES string of the molecule is CN[C@H]1CCN(C(=O)c2cc3cc(F)ccc3[nH]2)C1. The normalized spacial score (nSPS) is 19.3. The number of likely N-dealkylation sites (tertiary alicyclic amines) is 1. The molecule has 2 aromatic rings. The molecule has 4 nitrogen and oxygen atoms in total. The van der Waals surface area contributed by atoms with Crippen LogP contribution in [0.1, 0.15) is 16.9 Å². The Balaban J connectivity index is 1.86. The number of fused-ring (bicyclic) bond motifs is 1. The summed E-state index contributed by atoms with van der Waals surface area (Å²) in [5.74, 6) is -0.309. The van der Waals surface area contributed by atoms with Crippen molar-refractivity contribution >= 4 is 16.8 Å². The molecule has 0 unspecified atom stereocenters. The first-order valence-corrected chi connectivity index (χ1v) is 6.42. The lowest BCUT2D eigenvalue weighted by Gasteiger charge is -2.15. The second-order valence-electron chi connectivity index (χ2n) is 4.94. The van der Waals surface area contributed by atoms with Crippen molar-refractivity contribution in [2.75, 3.05) is 20.1 Å². The number of aromatic amines is 1. The van der Waals surface area contributed by atoms with Crippen LogP contribution in [-0.2, 0) is 0 Å². The molecule has 19 heavy (non-hydrogen) atoms. The first-order chi connectivity index (χ1) is 9.17. The molecule has 2 heterocycles. The Hall–Kier alpha value is -1.88. The molecule has 0 bridgehead atoms. The highest BCUT2D eigenvalue weighted by molar-refractivity contribution is 5.98. The highest BCUT2D eigenvalue weighted by Crippen LogP contribution is 2.19. The van der Waals surface area contributed by atoms with Crippen molar-refractivity contribution in [3.05, 3.63) is 35.8 Å². The first-order valence-electron chi connectivity index (χ1n) is 6.42. The average Bonchev–Trinajstić information content (AvgIpc) is 3.03. The zero-order chi connectivity index (χ0) is 13.4. The molecule has 100 valence electrons. The van der Waals surface area contributed by atoms with E-state index in [1.807, 2.05) is 11.9 Å². The summed E-state index contributed by atoms with van der Waals surface area (Å²) in [6, 6.07) is 6.56. The first kappa shape index (κ1) is 12.2. The highest BCUT2D eigenvalue weighted by Gasteiger charge is 2.26. The molecular weight excluding hydrogens is 245 g/mol. The molecule has 1 amide bonds. The Morgan fingerprint density at radius 3 is 3.05 bits per heavy atom. The van der Waals surface area contributed by atoms with E-state index in [0.29, 0.717) is 11.7 Å². The van der Waals surface area contributed by atoms with Gasteiger partial charge in [-0.15, -0.1) is 0 Å². The molecule has 0 radical (unpaired) electrons. The summed E-state index contributed by atoms with van der Waals surface area (Å²) in [6.07, 6.45) is 0.969. The Bertz CT molecular complexity index is 622. The number of aromatic nitrogens is 1. The maximum absolute atomic E-state index is 13.1. The number of amides is 1. The topological polar surface area (TPSA) is 48.1 Å². The molecule has 1 atom stereocenters. The van der Waals surface area contributed by atoms with Gasteiger partial charge < -0.3 is 15.2 Å². The molecule has 1 fully saturated rings. The van der Waals surface area contributed by atoms with Crippen LogP contribution >= 0.6 is 0 Å². The second kappa shape index (κ2) is 4.66. The summed E-state index contributed by atoms with van der Waals surface area (Å²) < 4.78 is 13.1. The van der Waals surface area contributed by atoms with Crippen LogP contribution in [0.15, 0.2) is 24.3 Å². The number of carbonyl (C=O) groups is 1. The van der Waals surface area contributed by atoms with Crippen molar-refractivity contribution in [3.8, 4) is 0 Å². The van der Waals surface area contributed by atoms with E-state index in [1.54, 1.807) is 12.1 Å². The van der Waals surface area contributed by atoms with Gasteiger partial charge in [-0.1, -0.05) is 0 Å². The van der Waals surface area contributed by atoms with Crippen molar-refractivity contribution in [1.82, 2.24) is 15.2 Å². The Kier molecular flexibility index (Phi) is 2.98. The highest BCUT2D eigenvalue weighted by atomic mass is 19.1. The van der Waals surface area contributed by atoms with Crippen LogP contribution in [0, 0.1) is 5.82 Å². The van der Waals surface area contributed by atoms with E-state index in [4.69, 9.17) is 0 Å². The fraction of sp³-hybridized carbons (Fsp3) is 0.357. The van der Waals surface area contributed by atoms with Gasteiger partial charge in [0.1, 0.15) is 11.5 Å². The number of H-pyrrole nitrogens is 1. The molecule has 1 saturated heterocycles. The van der Waals surface area contributed by atoms with Gasteiger partial charge in [0.05, 0.1) is 0 Å². The zero-order valence-corrected chi connectivity index (χ0v) is 10.7. The molecule has 5 heteroatoms. The third-order valence-electron chi connectivity index (χ3n) is 3.70. The average molecular weight is 261 g/mol. The number of hydrogen-bond donors (Lipinski definition) is 2. The van der Waals surface area contributed by atoms with Gasteiger partial charge in [0.2, 0.25) is 0 Å². The van der Waals surface area contributed by atoms with E-state index in [9.17, 15) is 9.18 Å². The number of benzene rings is 1. The Labute approximate surface area is 110 Å². The van der Waals surface area contributed by atoms with Gasteiger partial charge in [-0.05, 0) is 37.7 Å². The fourth-order valence-electron chi connectivity index (χ4n) is 2.57. The molecule has 3 rings (SSSR count). The van der Waals surface area contributed by atoms with Crippen molar-refractivity contribution in [1.29, 1.82) is 0 Å². The summed E-state index contributed by atoms with van der Waals surface area (Å²) in [4.78, 5) is 17.2. The Morgan fingerprint density at radius 2 is 2.32 bits per heavy atom. The quantitative estimate of drug-likeness (QED) is 0.865. The predicted molar refractivity (Wildman–Crippen MR) is 71.6 cm³/mol. The van der Waals surface area contributed by atoms with Crippen LogP contribution in [0.5, 0.6) is 0 Å². The number of hydrogen-bond acceptors (Lipinski definition) is 2. The number of carbonyl (C=O) groups excluding carboxylic acids is 1. The summed E-state index contributed by atoms with van der Waals surface area (Å²) in [5, 5.41) is 3.91. The monoisotopic (exact) mass is 261 g/mol. The van der Waals surface area contributed by atoms with E-state index >= 15 is 0 Å². The van der Waals surface area contributed by atoms with Gasteiger partial charge in [0, 0.05) is 30.0 Å². The molecule has 2 N–H and O–H groups in total. The maximum atomic E-state index is 13.1. The van der Waals surface area contributed by atoms with E-state index in [0.717, 1.165) is 30.4 Å². The number of likely N-dealkylation sites (N-methyl/N-ethyl adjacent to an activating group) is 1. The molecule has 1 aromatic carbocycles. The van der Waals surface area contributed by atoms with Crippen LogP contribution in [-0.4, -0.2) is 42.0 Å². The third kappa shape index (κ3) is 2.21. The third-order valence-corrected chi connectivity index (χ3v) is 3.70. The molecule has 1 aromatic heterocycles. The summed E-state index contributed by atoms with van der Waals surface area (Å²) in [6.45, 7) is 1.48. The second-order valence-corrected chi connectivity index (χ2v) is 4.94. The molecule has 0 saturated carbocycles. The Morgan fingerprint density at radius 1 is 1.47 bits per heavy atom. The smallest absolute Gasteiger partial charge is 0.270 e. The largest absolute Gasteiger partial charge is 0.351 e. The predicted octanol–water partition coefficient (Wildman–Crippen LogP) is 1.74. The standard InChI is InChI=1S/C14H16FN3O/c1-16-11-4-5-18(8-11)14(19)13-7-9-6-10(15)2-3-12(9)17-13/h2-3,6-7,11,16-17H,4-5,8H2,1H3/t11-/m0/s1. The van der Waals surface area contributed by atoms with Gasteiger partial charge in [-0.25, -0.2) is 4.39 Å². The van der Waals surface area contributed by atoms with Crippen LogP contribution in [0.2, 0.25) is 0 Å². The number of rotatable bonds is 2. The molecule has 1 aliphatic rings. The lowest BCUT2D eigenvalue weighted by molar-refractivity contribution is 0.0785. The molecule has 1 aliphatic heterocycles. The minimum atomic E-state index is -0.290. The van der Waals surface area contributed by atoms with E-state index in [2.05, 4.69) is 10.3 Å². The van der Waals surface area contributed by atoms with Crippen molar-refractivity contribution < 1.29 is 9.18 Å². The summed E-state index contributed by atoms with van der Waals surface area (Å²) in [5.41, 5.74) is 1.31. The van der Waals surface area contributed by atoms with Crippen LogP contribution in [0.4, 0.5) is 4.39 Å². The van der Waals surface area contributed by atoms with E-state index in [1.165, 1.54) is 12.1 Å². The number of nitrogens with zero attached hydrogens (tertiary/aromatic N) is 1. The van der Waals surface area contributed by atoms with E-state index in [-0.39, 0.29) is 11.7 Å². The molecule has 0 aliphatic carbocycles. The molecular formula is C14H16FN3O. The minimum Gasteiger partial charge on any atom is -0.351 e. The van der Waals surface area contributed by atoms with Gasteiger partial charge in [-0.3, -0.25) is 4.79 Å².